The van der Waals surface area contributed by atoms with Crippen LogP contribution in [0.2, 0.25) is 0 Å². The third-order valence-electron chi connectivity index (χ3n) is 5.42. The first-order valence-corrected chi connectivity index (χ1v) is 11.2. The number of aromatic nitrogens is 1. The fourth-order valence-electron chi connectivity index (χ4n) is 3.80. The SMILES string of the molecule is COC(=O)CCCc1ccc(OC(C)C)c(C(=O)N[C@@H](CO)Cc2c[nH]c3ccccc23)c1. The number of hydrogen-bond donors (Lipinski definition) is 3. The van der Waals surface area contributed by atoms with Crippen LogP contribution in [0.15, 0.2) is 48.7 Å². The number of esters is 1. The lowest BCUT2D eigenvalue weighted by molar-refractivity contribution is -0.140. The maximum atomic E-state index is 13.2. The second-order valence-corrected chi connectivity index (χ2v) is 8.34. The molecule has 0 aliphatic heterocycles. The lowest BCUT2D eigenvalue weighted by Gasteiger charge is -2.19. The molecule has 33 heavy (non-hydrogen) atoms. The smallest absolute Gasteiger partial charge is 0.305 e. The van der Waals surface area contributed by atoms with Crippen LogP contribution in [0.4, 0.5) is 0 Å². The van der Waals surface area contributed by atoms with Crippen LogP contribution >= 0.6 is 0 Å². The predicted octanol–water partition coefficient (Wildman–Crippen LogP) is 3.78. The fraction of sp³-hybridized carbons (Fsp3) is 0.385. The number of para-hydroxylation sites is 1. The minimum atomic E-state index is -0.452. The second-order valence-electron chi connectivity index (χ2n) is 8.34. The topological polar surface area (TPSA) is 101 Å². The molecule has 0 unspecified atom stereocenters. The number of carbonyl (C=O) groups excluding carboxylic acids is 2. The first-order chi connectivity index (χ1) is 15.9. The highest BCUT2D eigenvalue weighted by Crippen LogP contribution is 2.24. The van der Waals surface area contributed by atoms with Crippen molar-refractivity contribution in [3.63, 3.8) is 0 Å². The van der Waals surface area contributed by atoms with Crippen molar-refractivity contribution in [2.75, 3.05) is 13.7 Å². The number of aryl methyl sites for hydroxylation is 1. The quantitative estimate of drug-likeness (QED) is 0.385. The summed E-state index contributed by atoms with van der Waals surface area (Å²) in [6.07, 6.45) is 3.88. The molecule has 0 bridgehead atoms. The first-order valence-electron chi connectivity index (χ1n) is 11.2. The summed E-state index contributed by atoms with van der Waals surface area (Å²) in [5, 5.41) is 14.0. The van der Waals surface area contributed by atoms with Gasteiger partial charge in [0, 0.05) is 23.5 Å². The van der Waals surface area contributed by atoms with Gasteiger partial charge in [-0.1, -0.05) is 24.3 Å². The molecule has 2 aromatic carbocycles. The highest BCUT2D eigenvalue weighted by atomic mass is 16.5. The van der Waals surface area contributed by atoms with Crippen molar-refractivity contribution in [1.29, 1.82) is 0 Å². The summed E-state index contributed by atoms with van der Waals surface area (Å²) in [5.74, 6) is -0.0712. The molecule has 0 aliphatic rings. The van der Waals surface area contributed by atoms with Gasteiger partial charge in [-0.15, -0.1) is 0 Å². The number of hydrogen-bond acceptors (Lipinski definition) is 5. The van der Waals surface area contributed by atoms with Gasteiger partial charge < -0.3 is 24.9 Å². The minimum absolute atomic E-state index is 0.0958. The molecule has 1 heterocycles. The maximum absolute atomic E-state index is 13.2. The lowest BCUT2D eigenvalue weighted by Crippen LogP contribution is -2.39. The number of carbonyl (C=O) groups is 2. The summed E-state index contributed by atoms with van der Waals surface area (Å²) in [7, 11) is 1.37. The highest BCUT2D eigenvalue weighted by Gasteiger charge is 2.20. The van der Waals surface area contributed by atoms with Gasteiger partial charge in [0.05, 0.1) is 31.4 Å². The number of nitrogens with one attached hydrogen (secondary N) is 2. The molecule has 176 valence electrons. The summed E-state index contributed by atoms with van der Waals surface area (Å²) < 4.78 is 10.5. The second kappa shape index (κ2) is 11.5. The number of aliphatic hydroxyl groups excluding tert-OH is 1. The molecule has 0 saturated carbocycles. The van der Waals surface area contributed by atoms with Crippen molar-refractivity contribution in [2.45, 2.75) is 51.7 Å². The van der Waals surface area contributed by atoms with Crippen molar-refractivity contribution >= 4 is 22.8 Å². The van der Waals surface area contributed by atoms with Crippen LogP contribution in [0.25, 0.3) is 10.9 Å². The number of ether oxygens (including phenoxy) is 2. The molecule has 3 rings (SSSR count). The zero-order valence-corrected chi connectivity index (χ0v) is 19.4. The molecular weight excluding hydrogens is 420 g/mol. The Morgan fingerprint density at radius 2 is 1.94 bits per heavy atom. The number of benzene rings is 2. The summed E-state index contributed by atoms with van der Waals surface area (Å²) in [6, 6.07) is 13.0. The molecule has 0 aliphatic carbocycles. The van der Waals surface area contributed by atoms with Crippen molar-refractivity contribution in [2.24, 2.45) is 0 Å². The van der Waals surface area contributed by atoms with E-state index in [4.69, 9.17) is 4.74 Å². The van der Waals surface area contributed by atoms with E-state index >= 15 is 0 Å². The minimum Gasteiger partial charge on any atom is -0.490 e. The number of amides is 1. The Hall–Kier alpha value is -3.32. The molecule has 0 spiro atoms. The number of aliphatic hydroxyl groups is 1. The van der Waals surface area contributed by atoms with Gasteiger partial charge >= 0.3 is 5.97 Å². The predicted molar refractivity (Wildman–Crippen MR) is 128 cm³/mol. The van der Waals surface area contributed by atoms with Crippen molar-refractivity contribution < 1.29 is 24.2 Å². The van der Waals surface area contributed by atoms with Gasteiger partial charge in [0.15, 0.2) is 0 Å². The van der Waals surface area contributed by atoms with Crippen LogP contribution in [0.1, 0.15) is 48.2 Å². The van der Waals surface area contributed by atoms with Gasteiger partial charge in [-0.3, -0.25) is 9.59 Å². The first kappa shape index (κ1) is 24.3. The lowest BCUT2D eigenvalue weighted by atomic mass is 10.0. The normalized spacial score (nSPS) is 12.0. The standard InChI is InChI=1S/C26H32N2O5/c1-17(2)33-24-12-11-18(7-6-10-25(30)32-3)13-22(24)26(31)28-20(16-29)14-19-15-27-23-9-5-4-8-21(19)23/h4-5,8-9,11-13,15,17,20,27,29H,6-7,10,14,16H2,1-3H3,(H,28,31)/t20-/m1/s1. The molecule has 1 amide bonds. The third kappa shape index (κ3) is 6.58. The van der Waals surface area contributed by atoms with Crippen LogP contribution in [0, 0.1) is 0 Å². The summed E-state index contributed by atoms with van der Waals surface area (Å²) >= 11 is 0. The number of rotatable bonds is 11. The molecule has 1 atom stereocenters. The molecule has 1 aromatic heterocycles. The van der Waals surface area contributed by atoms with E-state index in [0.717, 1.165) is 22.0 Å². The molecule has 7 nitrogen and oxygen atoms in total. The van der Waals surface area contributed by atoms with E-state index in [1.807, 2.05) is 50.4 Å². The van der Waals surface area contributed by atoms with E-state index in [2.05, 4.69) is 15.0 Å². The number of H-pyrrole nitrogens is 1. The van der Waals surface area contributed by atoms with Gasteiger partial charge in [0.1, 0.15) is 5.75 Å². The molecule has 3 N–H and O–H groups in total. The summed E-state index contributed by atoms with van der Waals surface area (Å²) in [5.41, 5.74) is 3.39. The number of fused-ring (bicyclic) bond motifs is 1. The fourth-order valence-corrected chi connectivity index (χ4v) is 3.80. The van der Waals surface area contributed by atoms with Crippen LogP contribution in [-0.2, 0) is 22.4 Å². The zero-order valence-electron chi connectivity index (χ0n) is 19.4. The Morgan fingerprint density at radius 3 is 2.67 bits per heavy atom. The Labute approximate surface area is 194 Å². The van der Waals surface area contributed by atoms with Gasteiger partial charge in [0.2, 0.25) is 0 Å². The Balaban J connectivity index is 1.75. The molecule has 3 aromatic rings. The van der Waals surface area contributed by atoms with Gasteiger partial charge in [0.25, 0.3) is 5.91 Å². The van der Waals surface area contributed by atoms with Crippen molar-refractivity contribution in [3.05, 3.63) is 65.4 Å². The number of methoxy groups -OCH3 is 1. The van der Waals surface area contributed by atoms with Crippen LogP contribution < -0.4 is 10.1 Å². The van der Waals surface area contributed by atoms with E-state index in [1.165, 1.54) is 7.11 Å². The van der Waals surface area contributed by atoms with Gasteiger partial charge in [-0.05, 0) is 62.4 Å². The molecule has 0 radical (unpaired) electrons. The van der Waals surface area contributed by atoms with Crippen molar-refractivity contribution in [1.82, 2.24) is 10.3 Å². The van der Waals surface area contributed by atoms with Crippen molar-refractivity contribution in [3.8, 4) is 5.75 Å². The Bertz CT molecular complexity index is 1090. The Kier molecular flexibility index (Phi) is 8.49. The molecular formula is C26H32N2O5. The van der Waals surface area contributed by atoms with E-state index < -0.39 is 6.04 Å². The monoisotopic (exact) mass is 452 g/mol. The van der Waals surface area contributed by atoms with E-state index in [9.17, 15) is 14.7 Å². The van der Waals surface area contributed by atoms with E-state index in [-0.39, 0.29) is 24.6 Å². The van der Waals surface area contributed by atoms with Gasteiger partial charge in [-0.25, -0.2) is 0 Å². The van der Waals surface area contributed by atoms with E-state index in [1.54, 1.807) is 12.1 Å². The van der Waals surface area contributed by atoms with Crippen LogP contribution in [0.5, 0.6) is 5.75 Å². The summed E-state index contributed by atoms with van der Waals surface area (Å²) in [4.78, 5) is 27.8. The highest BCUT2D eigenvalue weighted by molar-refractivity contribution is 5.97. The Morgan fingerprint density at radius 1 is 1.15 bits per heavy atom. The summed E-state index contributed by atoms with van der Waals surface area (Å²) in [6.45, 7) is 3.61. The molecule has 0 fully saturated rings. The van der Waals surface area contributed by atoms with Crippen LogP contribution in [-0.4, -0.2) is 47.8 Å². The average molecular weight is 453 g/mol. The van der Waals surface area contributed by atoms with Crippen LogP contribution in [0.3, 0.4) is 0 Å². The molecule has 0 saturated heterocycles. The number of aromatic amines is 1. The largest absolute Gasteiger partial charge is 0.490 e. The van der Waals surface area contributed by atoms with Gasteiger partial charge in [-0.2, -0.15) is 0 Å². The zero-order chi connectivity index (χ0) is 23.8. The van der Waals surface area contributed by atoms with E-state index in [0.29, 0.717) is 37.0 Å². The average Bonchev–Trinajstić information content (AvgIpc) is 3.21. The maximum Gasteiger partial charge on any atom is 0.305 e. The third-order valence-corrected chi connectivity index (χ3v) is 5.42. The molecule has 7 heteroatoms.